The van der Waals surface area contributed by atoms with Gasteiger partial charge < -0.3 is 10.2 Å². The first-order valence-corrected chi connectivity index (χ1v) is 13.1. The van der Waals surface area contributed by atoms with Gasteiger partial charge >= 0.3 is 6.18 Å². The second kappa shape index (κ2) is 8.62. The van der Waals surface area contributed by atoms with E-state index in [-0.39, 0.29) is 17.9 Å². The third-order valence-corrected chi connectivity index (χ3v) is 7.94. The first kappa shape index (κ1) is 23.8. The van der Waals surface area contributed by atoms with Crippen LogP contribution in [-0.4, -0.2) is 34.9 Å². The molecule has 0 unspecified atom stereocenters. The number of amides is 1. The molecule has 0 bridgehead atoms. The first-order valence-electron chi connectivity index (χ1n) is 11.2. The van der Waals surface area contributed by atoms with E-state index in [4.69, 9.17) is 4.99 Å². The van der Waals surface area contributed by atoms with E-state index in [1.165, 1.54) is 6.07 Å². The van der Waals surface area contributed by atoms with E-state index < -0.39 is 17.4 Å². The standard InChI is InChI=1S/C24H23Br2F3N4O/c1-13-11-23(8-9-33(13)18-10-16(26)5-4-15(18)12-25)22(34)31-21(32-23)17-6-7-19(24(27,28)29)30-20(17)14-2-3-14/h4-7,10,13-14H,2-3,8-9,11-12H2,1H3,(H,31,32,34)/t13-,23+/m0/s1. The number of piperidine rings is 1. The highest BCUT2D eigenvalue weighted by Crippen LogP contribution is 2.43. The molecule has 0 radical (unpaired) electrons. The SMILES string of the molecule is C[C@H]1C[C@@]2(CCN1c1cc(Br)ccc1CBr)N=C(c1ccc(C(F)(F)F)nc1C1CC1)NC2=O. The lowest BCUT2D eigenvalue weighted by atomic mass is 9.83. The lowest BCUT2D eigenvalue weighted by Crippen LogP contribution is -2.53. The summed E-state index contributed by atoms with van der Waals surface area (Å²) in [6.07, 6.45) is -1.88. The van der Waals surface area contributed by atoms with Gasteiger partial charge in [-0.1, -0.05) is 37.9 Å². The van der Waals surface area contributed by atoms with Crippen LogP contribution in [-0.2, 0) is 16.3 Å². The van der Waals surface area contributed by atoms with Gasteiger partial charge in [-0.15, -0.1) is 0 Å². The molecule has 34 heavy (non-hydrogen) atoms. The molecule has 3 aliphatic rings. The highest BCUT2D eigenvalue weighted by atomic mass is 79.9. The molecule has 1 spiro atoms. The quantitative estimate of drug-likeness (QED) is 0.443. The summed E-state index contributed by atoms with van der Waals surface area (Å²) in [6, 6.07) is 8.59. The molecule has 1 aromatic heterocycles. The molecule has 1 aromatic carbocycles. The predicted molar refractivity (Wildman–Crippen MR) is 131 cm³/mol. The summed E-state index contributed by atoms with van der Waals surface area (Å²) in [7, 11) is 0. The number of rotatable bonds is 4. The summed E-state index contributed by atoms with van der Waals surface area (Å²) in [5.74, 6) is 0.136. The Balaban J connectivity index is 1.45. The average molecular weight is 600 g/mol. The van der Waals surface area contributed by atoms with Gasteiger partial charge in [-0.25, -0.2) is 4.98 Å². The van der Waals surface area contributed by atoms with E-state index in [0.717, 1.165) is 40.0 Å². The van der Waals surface area contributed by atoms with Crippen molar-refractivity contribution in [2.24, 2.45) is 4.99 Å². The van der Waals surface area contributed by atoms with Crippen molar-refractivity contribution in [1.29, 1.82) is 0 Å². The normalized spacial score (nSPS) is 25.0. The van der Waals surface area contributed by atoms with E-state index in [2.05, 4.69) is 66.1 Å². The zero-order valence-electron chi connectivity index (χ0n) is 18.4. The minimum atomic E-state index is -4.51. The molecule has 1 saturated heterocycles. The van der Waals surface area contributed by atoms with Crippen LogP contribution in [0.3, 0.4) is 0 Å². The van der Waals surface area contributed by atoms with Gasteiger partial charge in [0, 0.05) is 46.0 Å². The molecule has 1 N–H and O–H groups in total. The van der Waals surface area contributed by atoms with Crippen molar-refractivity contribution in [3.8, 4) is 0 Å². The summed E-state index contributed by atoms with van der Waals surface area (Å²) in [4.78, 5) is 24.2. The van der Waals surface area contributed by atoms with Gasteiger partial charge in [0.15, 0.2) is 0 Å². The van der Waals surface area contributed by atoms with Crippen LogP contribution in [0.15, 0.2) is 39.8 Å². The number of halogens is 5. The van der Waals surface area contributed by atoms with Gasteiger partial charge in [-0.2, -0.15) is 13.2 Å². The molecule has 3 heterocycles. The van der Waals surface area contributed by atoms with E-state index in [1.54, 1.807) is 0 Å². The summed E-state index contributed by atoms with van der Waals surface area (Å²) in [6.45, 7) is 2.72. The number of pyridine rings is 1. The topological polar surface area (TPSA) is 57.6 Å². The molecule has 5 rings (SSSR count). The molecule has 1 amide bonds. The van der Waals surface area contributed by atoms with Gasteiger partial charge in [0.1, 0.15) is 17.1 Å². The molecule has 5 nitrogen and oxygen atoms in total. The first-order chi connectivity index (χ1) is 16.1. The number of hydrogen-bond acceptors (Lipinski definition) is 4. The lowest BCUT2D eigenvalue weighted by Gasteiger charge is -2.42. The van der Waals surface area contributed by atoms with Crippen LogP contribution in [0.1, 0.15) is 61.0 Å². The van der Waals surface area contributed by atoms with Crippen molar-refractivity contribution in [2.75, 3.05) is 11.4 Å². The zero-order chi connectivity index (χ0) is 24.3. The number of benzene rings is 1. The summed E-state index contributed by atoms with van der Waals surface area (Å²) < 4.78 is 40.7. The minimum Gasteiger partial charge on any atom is -0.368 e. The minimum absolute atomic E-state index is 0.0200. The molecule has 2 aromatic rings. The number of nitrogens with zero attached hydrogens (tertiary/aromatic N) is 3. The number of amidine groups is 1. The van der Waals surface area contributed by atoms with Crippen LogP contribution < -0.4 is 10.2 Å². The third kappa shape index (κ3) is 4.27. The van der Waals surface area contributed by atoms with Crippen LogP contribution in [0.4, 0.5) is 18.9 Å². The maximum absolute atomic E-state index is 13.2. The van der Waals surface area contributed by atoms with Crippen LogP contribution >= 0.6 is 31.9 Å². The van der Waals surface area contributed by atoms with Crippen LogP contribution in [0.5, 0.6) is 0 Å². The summed E-state index contributed by atoms with van der Waals surface area (Å²) in [5.41, 5.74) is 1.33. The van der Waals surface area contributed by atoms with Gasteiger partial charge in [0.25, 0.3) is 5.91 Å². The van der Waals surface area contributed by atoms with Crippen molar-refractivity contribution in [3.63, 3.8) is 0 Å². The zero-order valence-corrected chi connectivity index (χ0v) is 21.6. The van der Waals surface area contributed by atoms with E-state index >= 15 is 0 Å². The smallest absolute Gasteiger partial charge is 0.368 e. The Labute approximate surface area is 212 Å². The number of hydrogen-bond donors (Lipinski definition) is 1. The van der Waals surface area contributed by atoms with Gasteiger partial charge in [-0.05, 0) is 56.0 Å². The fourth-order valence-corrected chi connectivity index (χ4v) is 5.78. The van der Waals surface area contributed by atoms with Crippen LogP contribution in [0.2, 0.25) is 0 Å². The number of aromatic nitrogens is 1. The van der Waals surface area contributed by atoms with E-state index in [1.807, 2.05) is 6.07 Å². The molecule has 10 heteroatoms. The highest BCUT2D eigenvalue weighted by Gasteiger charge is 2.49. The van der Waals surface area contributed by atoms with Crippen molar-refractivity contribution >= 4 is 49.3 Å². The average Bonchev–Trinajstić information content (AvgIpc) is 3.58. The van der Waals surface area contributed by atoms with Crippen molar-refractivity contribution in [1.82, 2.24) is 10.3 Å². The number of carbonyl (C=O) groups excluding carboxylic acids is 1. The summed E-state index contributed by atoms with van der Waals surface area (Å²) >= 11 is 7.11. The maximum atomic E-state index is 13.2. The second-order valence-corrected chi connectivity index (χ2v) is 10.7. The summed E-state index contributed by atoms with van der Waals surface area (Å²) in [5, 5.41) is 3.59. The van der Waals surface area contributed by atoms with Gasteiger partial charge in [-0.3, -0.25) is 9.79 Å². The Morgan fingerprint density at radius 1 is 1.24 bits per heavy atom. The fraction of sp³-hybridized carbons (Fsp3) is 0.458. The molecular formula is C24H23Br2F3N4O. The van der Waals surface area contributed by atoms with Crippen LogP contribution in [0, 0.1) is 0 Å². The highest BCUT2D eigenvalue weighted by molar-refractivity contribution is 9.10. The Kier molecular flexibility index (Phi) is 6.03. The van der Waals surface area contributed by atoms with E-state index in [9.17, 15) is 18.0 Å². The van der Waals surface area contributed by atoms with Gasteiger partial charge in [0.05, 0.1) is 5.69 Å². The van der Waals surface area contributed by atoms with Crippen molar-refractivity contribution in [2.45, 2.75) is 61.6 Å². The van der Waals surface area contributed by atoms with Crippen molar-refractivity contribution < 1.29 is 18.0 Å². The van der Waals surface area contributed by atoms with Crippen molar-refractivity contribution in [3.05, 3.63) is 57.3 Å². The van der Waals surface area contributed by atoms with E-state index in [0.29, 0.717) is 36.5 Å². The Morgan fingerprint density at radius 3 is 2.65 bits per heavy atom. The lowest BCUT2D eigenvalue weighted by molar-refractivity contribution is -0.141. The van der Waals surface area contributed by atoms with Gasteiger partial charge in [0.2, 0.25) is 0 Å². The largest absolute Gasteiger partial charge is 0.433 e. The molecule has 180 valence electrons. The number of nitrogens with one attached hydrogen (secondary N) is 1. The Morgan fingerprint density at radius 2 is 2.00 bits per heavy atom. The molecule has 1 aliphatic carbocycles. The maximum Gasteiger partial charge on any atom is 0.433 e. The predicted octanol–water partition coefficient (Wildman–Crippen LogP) is 5.94. The molecular weight excluding hydrogens is 577 g/mol. The number of carbonyl (C=O) groups is 1. The Bertz CT molecular complexity index is 1180. The molecule has 1 saturated carbocycles. The molecule has 2 atom stereocenters. The number of alkyl halides is 4. The second-order valence-electron chi connectivity index (χ2n) is 9.25. The number of anilines is 1. The molecule has 2 aliphatic heterocycles. The van der Waals surface area contributed by atoms with Crippen LogP contribution in [0.25, 0.3) is 0 Å². The molecule has 2 fully saturated rings. The monoisotopic (exact) mass is 598 g/mol. The fourth-order valence-electron chi connectivity index (χ4n) is 4.95. The third-order valence-electron chi connectivity index (χ3n) is 6.85. The Hall–Kier alpha value is -1.94. The number of aliphatic imine (C=N–C) groups is 1.